The SMILES string of the molecule is COB1ON=Cc2ccc(CC(=O)O)cc21. The molecule has 1 aromatic carbocycles. The van der Waals surface area contributed by atoms with Crippen molar-refractivity contribution in [1.82, 2.24) is 0 Å². The van der Waals surface area contributed by atoms with Gasteiger partial charge in [-0.1, -0.05) is 18.2 Å². The fraction of sp³-hybridized carbons (Fsp3) is 0.200. The van der Waals surface area contributed by atoms with Gasteiger partial charge in [0.1, 0.15) is 0 Å². The lowest BCUT2D eigenvalue weighted by atomic mass is 9.75. The Morgan fingerprint density at radius 2 is 2.44 bits per heavy atom. The molecule has 1 aliphatic rings. The third kappa shape index (κ3) is 2.06. The zero-order valence-corrected chi connectivity index (χ0v) is 8.71. The summed E-state index contributed by atoms with van der Waals surface area (Å²) in [6.07, 6.45) is 1.57. The van der Waals surface area contributed by atoms with Gasteiger partial charge in [0, 0.05) is 12.6 Å². The fourth-order valence-corrected chi connectivity index (χ4v) is 1.60. The first-order chi connectivity index (χ1) is 7.70. The molecule has 6 heteroatoms. The van der Waals surface area contributed by atoms with E-state index in [2.05, 4.69) is 5.16 Å². The van der Waals surface area contributed by atoms with Crippen LogP contribution in [0.1, 0.15) is 11.1 Å². The molecule has 0 aliphatic carbocycles. The van der Waals surface area contributed by atoms with Crippen LogP contribution < -0.4 is 5.46 Å². The van der Waals surface area contributed by atoms with Crippen LogP contribution in [0.25, 0.3) is 0 Å². The molecule has 0 saturated heterocycles. The molecule has 1 aromatic rings. The summed E-state index contributed by atoms with van der Waals surface area (Å²) in [5, 5.41) is 12.4. The van der Waals surface area contributed by atoms with Crippen LogP contribution in [0.15, 0.2) is 23.4 Å². The highest BCUT2D eigenvalue weighted by Crippen LogP contribution is 2.08. The number of aliphatic carboxylic acids is 1. The summed E-state index contributed by atoms with van der Waals surface area (Å²) in [6.45, 7) is 0. The summed E-state index contributed by atoms with van der Waals surface area (Å²) in [7, 11) is 0.952. The zero-order chi connectivity index (χ0) is 11.5. The van der Waals surface area contributed by atoms with Crippen molar-refractivity contribution in [3.63, 3.8) is 0 Å². The number of carboxylic acids is 1. The van der Waals surface area contributed by atoms with E-state index in [1.807, 2.05) is 6.07 Å². The van der Waals surface area contributed by atoms with Gasteiger partial charge in [-0.25, -0.2) is 0 Å². The molecule has 16 heavy (non-hydrogen) atoms. The average molecular weight is 219 g/mol. The molecule has 5 nitrogen and oxygen atoms in total. The first-order valence-corrected chi connectivity index (χ1v) is 4.77. The van der Waals surface area contributed by atoms with Gasteiger partial charge in [-0.15, -0.1) is 5.16 Å². The normalized spacial score (nSPS) is 13.2. The molecule has 0 amide bonds. The smallest absolute Gasteiger partial charge is 0.481 e. The summed E-state index contributed by atoms with van der Waals surface area (Å²) in [4.78, 5) is 10.6. The molecular formula is C10H10BNO4. The van der Waals surface area contributed by atoms with Crippen LogP contribution in [-0.2, 0) is 20.6 Å². The van der Waals surface area contributed by atoms with Gasteiger partial charge in [-0.05, 0) is 11.1 Å². The van der Waals surface area contributed by atoms with Gasteiger partial charge in [0.05, 0.1) is 12.6 Å². The van der Waals surface area contributed by atoms with E-state index in [4.69, 9.17) is 14.5 Å². The standard InChI is InChI=1S/C10H10BNO4/c1-15-11-9-4-7(5-10(13)14)2-3-8(9)6-12-16-11/h2-4,6H,5H2,1H3,(H,13,14). The van der Waals surface area contributed by atoms with Crippen LogP contribution in [0.4, 0.5) is 0 Å². The minimum absolute atomic E-state index is 0.0130. The Kier molecular flexibility index (Phi) is 2.92. The Balaban J connectivity index is 2.35. The minimum Gasteiger partial charge on any atom is -0.481 e. The summed E-state index contributed by atoms with van der Waals surface area (Å²) < 4.78 is 10.1. The number of nitrogens with zero attached hydrogens (tertiary/aromatic N) is 1. The van der Waals surface area contributed by atoms with Gasteiger partial charge < -0.3 is 14.5 Å². The molecule has 0 bridgehead atoms. The van der Waals surface area contributed by atoms with Crippen LogP contribution >= 0.6 is 0 Å². The van der Waals surface area contributed by atoms with Crippen molar-refractivity contribution < 1.29 is 19.3 Å². The number of benzene rings is 1. The zero-order valence-electron chi connectivity index (χ0n) is 8.71. The number of hydrogen-bond donors (Lipinski definition) is 1. The van der Waals surface area contributed by atoms with E-state index >= 15 is 0 Å². The summed E-state index contributed by atoms with van der Waals surface area (Å²) >= 11 is 0. The van der Waals surface area contributed by atoms with E-state index < -0.39 is 13.1 Å². The van der Waals surface area contributed by atoms with Crippen LogP contribution in [0.3, 0.4) is 0 Å². The second kappa shape index (κ2) is 4.36. The number of rotatable bonds is 3. The van der Waals surface area contributed by atoms with Crippen molar-refractivity contribution in [3.8, 4) is 0 Å². The number of fused-ring (bicyclic) bond motifs is 1. The summed E-state index contributed by atoms with van der Waals surface area (Å²) in [6, 6.07) is 5.34. The molecule has 0 fully saturated rings. The number of carbonyl (C=O) groups is 1. The highest BCUT2D eigenvalue weighted by atomic mass is 16.7. The van der Waals surface area contributed by atoms with E-state index in [1.165, 1.54) is 7.11 Å². The van der Waals surface area contributed by atoms with Gasteiger partial charge in [0.15, 0.2) is 0 Å². The van der Waals surface area contributed by atoms with Crippen LogP contribution in [-0.4, -0.2) is 31.5 Å². The van der Waals surface area contributed by atoms with Crippen molar-refractivity contribution in [2.24, 2.45) is 5.16 Å². The lowest BCUT2D eigenvalue weighted by Crippen LogP contribution is -2.39. The number of oxime groups is 1. The maximum Gasteiger partial charge on any atom is 0.586 e. The molecule has 0 unspecified atom stereocenters. The highest BCUT2D eigenvalue weighted by molar-refractivity contribution is 6.63. The molecule has 0 spiro atoms. The van der Waals surface area contributed by atoms with E-state index in [1.54, 1.807) is 18.3 Å². The second-order valence-corrected chi connectivity index (χ2v) is 3.44. The van der Waals surface area contributed by atoms with Gasteiger partial charge in [-0.3, -0.25) is 4.79 Å². The molecule has 2 rings (SSSR count). The monoisotopic (exact) mass is 219 g/mol. The van der Waals surface area contributed by atoms with Gasteiger partial charge in [0.25, 0.3) is 0 Å². The van der Waals surface area contributed by atoms with E-state index in [-0.39, 0.29) is 6.42 Å². The quantitative estimate of drug-likeness (QED) is 0.727. The molecule has 0 atom stereocenters. The second-order valence-electron chi connectivity index (χ2n) is 3.44. The molecular weight excluding hydrogens is 209 g/mol. The van der Waals surface area contributed by atoms with Crippen molar-refractivity contribution in [2.45, 2.75) is 6.42 Å². The van der Waals surface area contributed by atoms with Crippen molar-refractivity contribution >= 4 is 24.8 Å². The first kappa shape index (κ1) is 10.7. The molecule has 1 N–H and O–H groups in total. The molecule has 1 aliphatic heterocycles. The molecule has 1 heterocycles. The minimum atomic E-state index is -0.862. The number of hydrogen-bond acceptors (Lipinski definition) is 4. The Hall–Kier alpha value is -1.82. The topological polar surface area (TPSA) is 68.1 Å². The lowest BCUT2D eigenvalue weighted by Gasteiger charge is -2.16. The Morgan fingerprint density at radius 3 is 3.12 bits per heavy atom. The molecule has 0 saturated carbocycles. The van der Waals surface area contributed by atoms with Gasteiger partial charge in [-0.2, -0.15) is 0 Å². The van der Waals surface area contributed by atoms with E-state index in [0.717, 1.165) is 11.0 Å². The maximum absolute atomic E-state index is 10.6. The molecule has 82 valence electrons. The van der Waals surface area contributed by atoms with Crippen molar-refractivity contribution in [1.29, 1.82) is 0 Å². The van der Waals surface area contributed by atoms with E-state index in [9.17, 15) is 4.79 Å². The Labute approximate surface area is 92.8 Å². The lowest BCUT2D eigenvalue weighted by molar-refractivity contribution is -0.136. The van der Waals surface area contributed by atoms with Crippen molar-refractivity contribution in [3.05, 3.63) is 29.3 Å². The Bertz CT molecular complexity index is 446. The summed E-state index contributed by atoms with van der Waals surface area (Å²) in [5.41, 5.74) is 2.40. The fourth-order valence-electron chi connectivity index (χ4n) is 1.60. The number of carboxylic acid groups (broad SMARTS) is 1. The summed E-state index contributed by atoms with van der Waals surface area (Å²) in [5.74, 6) is -0.862. The molecule has 0 radical (unpaired) electrons. The Morgan fingerprint density at radius 1 is 1.62 bits per heavy atom. The van der Waals surface area contributed by atoms with Gasteiger partial charge in [0.2, 0.25) is 0 Å². The van der Waals surface area contributed by atoms with Gasteiger partial charge >= 0.3 is 13.1 Å². The average Bonchev–Trinajstić information content (AvgIpc) is 2.27. The largest absolute Gasteiger partial charge is 0.586 e. The van der Waals surface area contributed by atoms with Crippen molar-refractivity contribution in [2.75, 3.05) is 7.11 Å². The molecule has 0 aromatic heterocycles. The van der Waals surface area contributed by atoms with Crippen LogP contribution in [0.2, 0.25) is 0 Å². The predicted molar refractivity (Wildman–Crippen MR) is 58.9 cm³/mol. The van der Waals surface area contributed by atoms with Crippen LogP contribution in [0, 0.1) is 0 Å². The first-order valence-electron chi connectivity index (χ1n) is 4.77. The predicted octanol–water partition coefficient (Wildman–Crippen LogP) is 0.0194. The highest BCUT2D eigenvalue weighted by Gasteiger charge is 2.28. The third-order valence-corrected chi connectivity index (χ3v) is 2.32. The van der Waals surface area contributed by atoms with Crippen LogP contribution in [0.5, 0.6) is 0 Å². The van der Waals surface area contributed by atoms with E-state index in [0.29, 0.717) is 5.56 Å². The maximum atomic E-state index is 10.6. The third-order valence-electron chi connectivity index (χ3n) is 2.32.